The molecular weight excluding hydrogens is 165 g/mol. The second-order valence-corrected chi connectivity index (χ2v) is 2.90. The predicted molar refractivity (Wildman–Crippen MR) is 51.4 cm³/mol. The van der Waals surface area contributed by atoms with Crippen LogP contribution in [0.2, 0.25) is 0 Å². The van der Waals surface area contributed by atoms with Crippen molar-refractivity contribution in [1.82, 2.24) is 0 Å². The molecule has 0 aliphatic rings. The van der Waals surface area contributed by atoms with E-state index in [0.29, 0.717) is 12.8 Å². The molecule has 0 aromatic heterocycles. The van der Waals surface area contributed by atoms with Crippen molar-refractivity contribution in [3.05, 3.63) is 35.6 Å². The number of hydrogen-bond acceptors (Lipinski definition) is 1. The van der Waals surface area contributed by atoms with E-state index >= 15 is 0 Å². The molecule has 0 heterocycles. The van der Waals surface area contributed by atoms with Crippen LogP contribution in [0.3, 0.4) is 0 Å². The molecule has 1 atom stereocenters. The molecule has 13 heavy (non-hydrogen) atoms. The lowest BCUT2D eigenvalue weighted by molar-refractivity contribution is 0.612. The van der Waals surface area contributed by atoms with Gasteiger partial charge in [-0.2, -0.15) is 0 Å². The quantitative estimate of drug-likeness (QED) is 0.704. The van der Waals surface area contributed by atoms with Gasteiger partial charge in [0.1, 0.15) is 5.82 Å². The fraction of sp³-hybridized carbons (Fsp3) is 0.273. The van der Waals surface area contributed by atoms with Gasteiger partial charge in [-0.3, -0.25) is 0 Å². The van der Waals surface area contributed by atoms with Gasteiger partial charge in [0, 0.05) is 12.5 Å². The van der Waals surface area contributed by atoms with Crippen LogP contribution in [0.4, 0.5) is 4.39 Å². The first-order valence-electron chi connectivity index (χ1n) is 4.18. The molecule has 1 nitrogen and oxygen atoms in total. The Bertz CT molecular complexity index is 314. The molecule has 0 amide bonds. The number of rotatable bonds is 3. The summed E-state index contributed by atoms with van der Waals surface area (Å²) >= 11 is 0. The van der Waals surface area contributed by atoms with E-state index in [-0.39, 0.29) is 11.9 Å². The van der Waals surface area contributed by atoms with Gasteiger partial charge in [-0.15, -0.1) is 12.3 Å². The van der Waals surface area contributed by atoms with Crippen molar-refractivity contribution in [3.63, 3.8) is 0 Å². The van der Waals surface area contributed by atoms with Gasteiger partial charge in [0.25, 0.3) is 0 Å². The first-order valence-corrected chi connectivity index (χ1v) is 4.18. The summed E-state index contributed by atoms with van der Waals surface area (Å²) in [7, 11) is 0. The third kappa shape index (κ3) is 2.89. The van der Waals surface area contributed by atoms with Gasteiger partial charge in [0.2, 0.25) is 0 Å². The molecule has 0 saturated heterocycles. The molecule has 0 aliphatic heterocycles. The molecule has 68 valence electrons. The molecule has 0 radical (unpaired) electrons. The first kappa shape index (κ1) is 9.76. The van der Waals surface area contributed by atoms with Crippen molar-refractivity contribution in [1.29, 1.82) is 0 Å². The minimum Gasteiger partial charge on any atom is -0.324 e. The van der Waals surface area contributed by atoms with Crippen molar-refractivity contribution in [2.45, 2.75) is 18.9 Å². The third-order valence-corrected chi connectivity index (χ3v) is 1.88. The molecule has 1 aromatic carbocycles. The molecule has 0 saturated carbocycles. The lowest BCUT2D eigenvalue weighted by atomic mass is 10.0. The average Bonchev–Trinajstić information content (AvgIpc) is 2.14. The Labute approximate surface area is 77.8 Å². The Morgan fingerprint density at radius 3 is 2.92 bits per heavy atom. The Kier molecular flexibility index (Phi) is 3.48. The van der Waals surface area contributed by atoms with E-state index in [1.165, 1.54) is 12.1 Å². The maximum absolute atomic E-state index is 12.8. The SMILES string of the molecule is C#CCCC(N)c1cccc(F)c1. The highest BCUT2D eigenvalue weighted by Gasteiger charge is 2.04. The Balaban J connectivity index is 2.66. The van der Waals surface area contributed by atoms with Gasteiger partial charge < -0.3 is 5.73 Å². The number of hydrogen-bond donors (Lipinski definition) is 1. The summed E-state index contributed by atoms with van der Waals surface area (Å²) < 4.78 is 12.8. The van der Waals surface area contributed by atoms with Crippen molar-refractivity contribution in [2.75, 3.05) is 0 Å². The molecule has 0 aliphatic carbocycles. The fourth-order valence-electron chi connectivity index (χ4n) is 1.14. The summed E-state index contributed by atoms with van der Waals surface area (Å²) in [6, 6.07) is 6.15. The molecule has 2 N–H and O–H groups in total. The molecule has 0 bridgehead atoms. The standard InChI is InChI=1S/C11H12FN/c1-2-3-7-11(13)9-5-4-6-10(12)8-9/h1,4-6,8,11H,3,7,13H2. The van der Waals surface area contributed by atoms with Gasteiger partial charge in [0.05, 0.1) is 0 Å². The predicted octanol–water partition coefficient (Wildman–Crippen LogP) is 2.24. The second-order valence-electron chi connectivity index (χ2n) is 2.90. The summed E-state index contributed by atoms with van der Waals surface area (Å²) in [5, 5.41) is 0. The fourth-order valence-corrected chi connectivity index (χ4v) is 1.14. The van der Waals surface area contributed by atoms with Gasteiger partial charge in [-0.05, 0) is 24.1 Å². The maximum Gasteiger partial charge on any atom is 0.123 e. The molecule has 1 aromatic rings. The zero-order valence-corrected chi connectivity index (χ0v) is 7.33. The lowest BCUT2D eigenvalue weighted by Crippen LogP contribution is -2.09. The Morgan fingerprint density at radius 1 is 1.54 bits per heavy atom. The number of nitrogens with two attached hydrogens (primary N) is 1. The Morgan fingerprint density at radius 2 is 2.31 bits per heavy atom. The van der Waals surface area contributed by atoms with Gasteiger partial charge in [-0.25, -0.2) is 4.39 Å². The smallest absolute Gasteiger partial charge is 0.123 e. The largest absolute Gasteiger partial charge is 0.324 e. The van der Waals surface area contributed by atoms with Gasteiger partial charge >= 0.3 is 0 Å². The van der Waals surface area contributed by atoms with Crippen LogP contribution in [0.15, 0.2) is 24.3 Å². The van der Waals surface area contributed by atoms with Crippen LogP contribution in [0, 0.1) is 18.2 Å². The Hall–Kier alpha value is -1.33. The molecule has 2 heteroatoms. The van der Waals surface area contributed by atoms with Crippen LogP contribution in [0.25, 0.3) is 0 Å². The molecule has 0 spiro atoms. The van der Waals surface area contributed by atoms with E-state index in [1.807, 2.05) is 6.07 Å². The number of terminal acetylenes is 1. The van der Waals surface area contributed by atoms with Gasteiger partial charge in [0.15, 0.2) is 0 Å². The average molecular weight is 177 g/mol. The van der Waals surface area contributed by atoms with E-state index in [0.717, 1.165) is 5.56 Å². The monoisotopic (exact) mass is 177 g/mol. The minimum atomic E-state index is -0.256. The van der Waals surface area contributed by atoms with Crippen LogP contribution in [-0.2, 0) is 0 Å². The van der Waals surface area contributed by atoms with Crippen molar-refractivity contribution < 1.29 is 4.39 Å². The number of halogens is 1. The highest BCUT2D eigenvalue weighted by atomic mass is 19.1. The third-order valence-electron chi connectivity index (χ3n) is 1.88. The second kappa shape index (κ2) is 4.64. The first-order chi connectivity index (χ1) is 6.24. The van der Waals surface area contributed by atoms with Crippen molar-refractivity contribution in [2.24, 2.45) is 5.73 Å². The van der Waals surface area contributed by atoms with E-state index < -0.39 is 0 Å². The van der Waals surface area contributed by atoms with Crippen LogP contribution >= 0.6 is 0 Å². The van der Waals surface area contributed by atoms with Gasteiger partial charge in [-0.1, -0.05) is 12.1 Å². The normalized spacial score (nSPS) is 12.1. The lowest BCUT2D eigenvalue weighted by Gasteiger charge is -2.09. The molecule has 0 fully saturated rings. The van der Waals surface area contributed by atoms with Crippen LogP contribution < -0.4 is 5.73 Å². The van der Waals surface area contributed by atoms with E-state index in [4.69, 9.17) is 12.2 Å². The summed E-state index contributed by atoms with van der Waals surface area (Å²) in [5.74, 6) is 2.25. The summed E-state index contributed by atoms with van der Waals surface area (Å²) in [6.07, 6.45) is 6.42. The minimum absolute atomic E-state index is 0.160. The van der Waals surface area contributed by atoms with Crippen LogP contribution in [0.5, 0.6) is 0 Å². The van der Waals surface area contributed by atoms with Crippen LogP contribution in [0.1, 0.15) is 24.4 Å². The molecular formula is C11H12FN. The summed E-state index contributed by atoms with van der Waals surface area (Å²) in [5.41, 5.74) is 6.59. The maximum atomic E-state index is 12.8. The molecule has 1 rings (SSSR count). The number of benzene rings is 1. The van der Waals surface area contributed by atoms with E-state index in [2.05, 4.69) is 5.92 Å². The van der Waals surface area contributed by atoms with Crippen LogP contribution in [-0.4, -0.2) is 0 Å². The highest BCUT2D eigenvalue weighted by Crippen LogP contribution is 2.15. The van der Waals surface area contributed by atoms with E-state index in [1.54, 1.807) is 6.07 Å². The summed E-state index contributed by atoms with van der Waals surface area (Å²) in [6.45, 7) is 0. The summed E-state index contributed by atoms with van der Waals surface area (Å²) in [4.78, 5) is 0. The topological polar surface area (TPSA) is 26.0 Å². The molecule has 1 unspecified atom stereocenters. The van der Waals surface area contributed by atoms with Crippen molar-refractivity contribution >= 4 is 0 Å². The zero-order chi connectivity index (χ0) is 9.68. The van der Waals surface area contributed by atoms with E-state index in [9.17, 15) is 4.39 Å². The highest BCUT2D eigenvalue weighted by molar-refractivity contribution is 5.19. The van der Waals surface area contributed by atoms with Crippen molar-refractivity contribution in [3.8, 4) is 12.3 Å². The zero-order valence-electron chi connectivity index (χ0n) is 7.33.